The summed E-state index contributed by atoms with van der Waals surface area (Å²) in [6.07, 6.45) is 4.60. The fourth-order valence-electron chi connectivity index (χ4n) is 3.26. The summed E-state index contributed by atoms with van der Waals surface area (Å²) in [5, 5.41) is 6.37. The SMILES string of the molecule is CCNC(=NCc1ccc(OC)cc1OC(F)F)NCCCN1CCCCCC1=O.I. The van der Waals surface area contributed by atoms with Gasteiger partial charge in [0.25, 0.3) is 0 Å². The fraction of sp³-hybridized carbons (Fsp3) is 0.619. The van der Waals surface area contributed by atoms with Gasteiger partial charge in [-0.05, 0) is 38.3 Å². The first-order chi connectivity index (χ1) is 14.5. The zero-order valence-electron chi connectivity index (χ0n) is 18.2. The number of carbonyl (C=O) groups excluding carboxylic acids is 1. The highest BCUT2D eigenvalue weighted by Crippen LogP contribution is 2.27. The van der Waals surface area contributed by atoms with Crippen LogP contribution in [0.2, 0.25) is 0 Å². The third-order valence-electron chi connectivity index (χ3n) is 4.81. The van der Waals surface area contributed by atoms with E-state index in [-0.39, 0.29) is 42.2 Å². The van der Waals surface area contributed by atoms with Gasteiger partial charge in [-0.3, -0.25) is 4.79 Å². The molecule has 31 heavy (non-hydrogen) atoms. The van der Waals surface area contributed by atoms with E-state index in [0.717, 1.165) is 38.8 Å². The Morgan fingerprint density at radius 1 is 1.26 bits per heavy atom. The molecule has 0 bridgehead atoms. The van der Waals surface area contributed by atoms with E-state index in [0.29, 0.717) is 36.8 Å². The number of hydrogen-bond donors (Lipinski definition) is 2. The number of alkyl halides is 2. The number of methoxy groups -OCH3 is 1. The number of benzene rings is 1. The van der Waals surface area contributed by atoms with Crippen LogP contribution < -0.4 is 20.1 Å². The Hall–Kier alpha value is -1.85. The molecular formula is C21H33F2IN4O3. The van der Waals surface area contributed by atoms with Crippen molar-refractivity contribution in [3.8, 4) is 11.5 Å². The minimum Gasteiger partial charge on any atom is -0.497 e. The van der Waals surface area contributed by atoms with Gasteiger partial charge < -0.3 is 25.0 Å². The molecule has 1 aromatic carbocycles. The first-order valence-electron chi connectivity index (χ1n) is 10.4. The van der Waals surface area contributed by atoms with Crippen LogP contribution in [0.3, 0.4) is 0 Å². The number of aliphatic imine (C=N–C) groups is 1. The average Bonchev–Trinajstić information content (AvgIpc) is 2.93. The quantitative estimate of drug-likeness (QED) is 0.200. The van der Waals surface area contributed by atoms with Crippen molar-refractivity contribution in [2.45, 2.75) is 52.2 Å². The summed E-state index contributed by atoms with van der Waals surface area (Å²) < 4.78 is 35.1. The van der Waals surface area contributed by atoms with Gasteiger partial charge in [0.05, 0.1) is 13.7 Å². The molecule has 0 saturated carbocycles. The molecule has 2 rings (SSSR count). The van der Waals surface area contributed by atoms with Crippen molar-refractivity contribution in [2.24, 2.45) is 4.99 Å². The monoisotopic (exact) mass is 554 g/mol. The molecule has 0 aromatic heterocycles. The smallest absolute Gasteiger partial charge is 0.387 e. The molecule has 0 spiro atoms. The Morgan fingerprint density at radius 2 is 2.06 bits per heavy atom. The third-order valence-corrected chi connectivity index (χ3v) is 4.81. The number of guanidine groups is 1. The number of halogens is 3. The molecule has 1 fully saturated rings. The molecule has 0 aliphatic carbocycles. The van der Waals surface area contributed by atoms with E-state index in [1.54, 1.807) is 12.1 Å². The Balaban J connectivity index is 0.00000480. The van der Waals surface area contributed by atoms with Gasteiger partial charge in [-0.1, -0.05) is 6.42 Å². The number of nitrogens with one attached hydrogen (secondary N) is 2. The first-order valence-corrected chi connectivity index (χ1v) is 10.4. The lowest BCUT2D eigenvalue weighted by molar-refractivity contribution is -0.130. The summed E-state index contributed by atoms with van der Waals surface area (Å²) in [7, 11) is 1.46. The van der Waals surface area contributed by atoms with Crippen LogP contribution in [0.4, 0.5) is 8.78 Å². The second-order valence-corrected chi connectivity index (χ2v) is 7.02. The minimum absolute atomic E-state index is 0. The summed E-state index contributed by atoms with van der Waals surface area (Å²) in [4.78, 5) is 18.5. The molecule has 7 nitrogen and oxygen atoms in total. The Morgan fingerprint density at radius 3 is 2.77 bits per heavy atom. The maximum Gasteiger partial charge on any atom is 0.387 e. The van der Waals surface area contributed by atoms with E-state index in [2.05, 4.69) is 20.4 Å². The van der Waals surface area contributed by atoms with Crippen molar-refractivity contribution in [1.29, 1.82) is 0 Å². The van der Waals surface area contributed by atoms with E-state index < -0.39 is 6.61 Å². The average molecular weight is 554 g/mol. The molecule has 1 aliphatic rings. The van der Waals surface area contributed by atoms with Crippen molar-refractivity contribution in [1.82, 2.24) is 15.5 Å². The van der Waals surface area contributed by atoms with Gasteiger partial charge in [0.1, 0.15) is 11.5 Å². The second kappa shape index (κ2) is 15.0. The number of likely N-dealkylation sites (tertiary alicyclic amines) is 1. The Kier molecular flexibility index (Phi) is 13.2. The van der Waals surface area contributed by atoms with Crippen LogP contribution >= 0.6 is 24.0 Å². The van der Waals surface area contributed by atoms with E-state index in [4.69, 9.17) is 4.74 Å². The van der Waals surface area contributed by atoms with E-state index in [1.165, 1.54) is 13.2 Å². The van der Waals surface area contributed by atoms with E-state index in [9.17, 15) is 13.6 Å². The second-order valence-electron chi connectivity index (χ2n) is 7.02. The molecule has 2 N–H and O–H groups in total. The van der Waals surface area contributed by atoms with Gasteiger partial charge in [-0.2, -0.15) is 8.78 Å². The van der Waals surface area contributed by atoms with Crippen LogP contribution in [0.25, 0.3) is 0 Å². The third kappa shape index (κ3) is 9.88. The van der Waals surface area contributed by atoms with Crippen molar-refractivity contribution in [3.05, 3.63) is 23.8 Å². The topological polar surface area (TPSA) is 75.2 Å². The van der Waals surface area contributed by atoms with Crippen LogP contribution in [0.1, 0.15) is 44.6 Å². The van der Waals surface area contributed by atoms with Crippen LogP contribution in [-0.2, 0) is 11.3 Å². The summed E-state index contributed by atoms with van der Waals surface area (Å²) in [5.74, 6) is 1.30. The van der Waals surface area contributed by atoms with Gasteiger partial charge in [0, 0.05) is 44.2 Å². The molecular weight excluding hydrogens is 521 g/mol. The van der Waals surface area contributed by atoms with Crippen LogP contribution in [-0.4, -0.2) is 56.7 Å². The van der Waals surface area contributed by atoms with E-state index >= 15 is 0 Å². The minimum atomic E-state index is -2.92. The van der Waals surface area contributed by atoms with Gasteiger partial charge in [0.15, 0.2) is 5.96 Å². The molecule has 1 aromatic rings. The molecule has 1 heterocycles. The Labute approximate surface area is 200 Å². The lowest BCUT2D eigenvalue weighted by atomic mass is 10.2. The number of carbonyl (C=O) groups is 1. The van der Waals surface area contributed by atoms with Crippen molar-refractivity contribution in [2.75, 3.05) is 33.3 Å². The predicted octanol–water partition coefficient (Wildman–Crippen LogP) is 3.76. The standard InChI is InChI=1S/C21H32F2N4O3.HI/c1-3-24-21(25-11-7-13-27-12-6-4-5-8-19(27)28)26-15-16-9-10-17(29-2)14-18(16)30-20(22)23;/h9-10,14,20H,3-8,11-13,15H2,1-2H3,(H2,24,25,26);1H. The van der Waals surface area contributed by atoms with Crippen molar-refractivity contribution in [3.63, 3.8) is 0 Å². The zero-order chi connectivity index (χ0) is 21.8. The predicted molar refractivity (Wildman–Crippen MR) is 128 cm³/mol. The van der Waals surface area contributed by atoms with Crippen LogP contribution in [0.5, 0.6) is 11.5 Å². The molecule has 0 unspecified atom stereocenters. The summed E-state index contributed by atoms with van der Waals surface area (Å²) in [5.41, 5.74) is 0.531. The van der Waals surface area contributed by atoms with Crippen molar-refractivity contribution < 1.29 is 23.0 Å². The highest BCUT2D eigenvalue weighted by molar-refractivity contribution is 14.0. The number of nitrogens with zero attached hydrogens (tertiary/aromatic N) is 2. The zero-order valence-corrected chi connectivity index (χ0v) is 20.5. The summed E-state index contributed by atoms with van der Waals surface area (Å²) >= 11 is 0. The largest absolute Gasteiger partial charge is 0.497 e. The van der Waals surface area contributed by atoms with Gasteiger partial charge in [0.2, 0.25) is 5.91 Å². The molecule has 0 atom stereocenters. The number of hydrogen-bond acceptors (Lipinski definition) is 4. The fourth-order valence-corrected chi connectivity index (χ4v) is 3.26. The normalized spacial score (nSPS) is 14.7. The Bertz CT molecular complexity index is 707. The molecule has 1 amide bonds. The molecule has 176 valence electrons. The molecule has 10 heteroatoms. The van der Waals surface area contributed by atoms with Gasteiger partial charge in [-0.15, -0.1) is 24.0 Å². The highest BCUT2D eigenvalue weighted by atomic mass is 127. The van der Waals surface area contributed by atoms with Gasteiger partial charge in [-0.25, -0.2) is 4.99 Å². The number of rotatable bonds is 10. The molecule has 1 aliphatic heterocycles. The molecule has 0 radical (unpaired) electrons. The maximum atomic E-state index is 12.7. The highest BCUT2D eigenvalue weighted by Gasteiger charge is 2.16. The summed E-state index contributed by atoms with van der Waals surface area (Å²) in [6, 6.07) is 4.77. The number of amides is 1. The van der Waals surface area contributed by atoms with Gasteiger partial charge >= 0.3 is 6.61 Å². The lowest BCUT2D eigenvalue weighted by Crippen LogP contribution is -2.39. The maximum absolute atomic E-state index is 12.7. The van der Waals surface area contributed by atoms with Crippen molar-refractivity contribution >= 4 is 35.8 Å². The van der Waals surface area contributed by atoms with Crippen LogP contribution in [0, 0.1) is 0 Å². The van der Waals surface area contributed by atoms with Crippen LogP contribution in [0.15, 0.2) is 23.2 Å². The van der Waals surface area contributed by atoms with E-state index in [1.807, 2.05) is 11.8 Å². The molecule has 1 saturated heterocycles. The lowest BCUT2D eigenvalue weighted by Gasteiger charge is -2.20. The summed E-state index contributed by atoms with van der Waals surface area (Å²) in [6.45, 7) is 2.07. The number of ether oxygens (including phenoxy) is 2. The first kappa shape index (κ1) is 27.2.